The van der Waals surface area contributed by atoms with Crippen LogP contribution in [0.5, 0.6) is 0 Å². The summed E-state index contributed by atoms with van der Waals surface area (Å²) in [6.07, 6.45) is 8.27. The fourth-order valence-corrected chi connectivity index (χ4v) is 4.80. The number of amides is 2. The molecule has 0 radical (unpaired) electrons. The number of unbranched alkanes of at least 4 members (excludes halogenated alkanes) is 2. The Kier molecular flexibility index (Phi) is 8.90. The lowest BCUT2D eigenvalue weighted by atomic mass is 10.1. The van der Waals surface area contributed by atoms with E-state index in [1.54, 1.807) is 12.4 Å². The van der Waals surface area contributed by atoms with Gasteiger partial charge in [-0.05, 0) is 37.1 Å². The number of aromatic nitrogens is 6. The first-order valence-corrected chi connectivity index (χ1v) is 12.8. The van der Waals surface area contributed by atoms with Gasteiger partial charge in [0.2, 0.25) is 22.1 Å². The number of aryl methyl sites for hydroxylation is 2. The molecule has 35 heavy (non-hydrogen) atoms. The highest BCUT2D eigenvalue weighted by atomic mass is 32.1. The van der Waals surface area contributed by atoms with Crippen LogP contribution in [-0.4, -0.2) is 42.2 Å². The Balaban J connectivity index is 1.11. The van der Waals surface area contributed by atoms with Gasteiger partial charge in [-0.3, -0.25) is 19.6 Å². The molecule has 2 amide bonds. The average molecular weight is 509 g/mol. The average Bonchev–Trinajstić information content (AvgIpc) is 3.49. The number of rotatable bonds is 12. The van der Waals surface area contributed by atoms with Gasteiger partial charge in [-0.1, -0.05) is 41.2 Å². The third kappa shape index (κ3) is 8.26. The zero-order valence-electron chi connectivity index (χ0n) is 18.9. The maximum atomic E-state index is 12.1. The molecule has 0 unspecified atom stereocenters. The Bertz CT molecular complexity index is 1130. The first kappa shape index (κ1) is 24.5. The Hall–Kier alpha value is -3.64. The molecular weight excluding hydrogens is 484 g/mol. The maximum Gasteiger partial charge on any atom is 0.232 e. The molecule has 0 spiro atoms. The summed E-state index contributed by atoms with van der Waals surface area (Å²) in [4.78, 5) is 32.5. The fraction of sp³-hybridized carbons (Fsp3) is 0.304. The number of nitrogens with one attached hydrogen (secondary N) is 2. The quantitative estimate of drug-likeness (QED) is 0.278. The van der Waals surface area contributed by atoms with Crippen molar-refractivity contribution < 1.29 is 9.59 Å². The van der Waals surface area contributed by atoms with Gasteiger partial charge in [-0.25, -0.2) is 0 Å². The van der Waals surface area contributed by atoms with Crippen molar-refractivity contribution in [1.82, 2.24) is 30.4 Å². The molecule has 12 heteroatoms. The first-order chi connectivity index (χ1) is 17.1. The van der Waals surface area contributed by atoms with Crippen LogP contribution >= 0.6 is 22.7 Å². The van der Waals surface area contributed by atoms with Crippen LogP contribution in [0.3, 0.4) is 0 Å². The molecule has 0 aliphatic rings. The van der Waals surface area contributed by atoms with E-state index < -0.39 is 0 Å². The minimum Gasteiger partial charge on any atom is -0.300 e. The van der Waals surface area contributed by atoms with Crippen molar-refractivity contribution in [3.05, 3.63) is 70.2 Å². The second-order valence-corrected chi connectivity index (χ2v) is 9.78. The molecule has 4 aromatic rings. The van der Waals surface area contributed by atoms with Gasteiger partial charge in [0.15, 0.2) is 0 Å². The summed E-state index contributed by atoms with van der Waals surface area (Å²) >= 11 is 2.79. The van der Waals surface area contributed by atoms with Crippen LogP contribution in [0.15, 0.2) is 48.8 Å². The summed E-state index contributed by atoms with van der Waals surface area (Å²) < 4.78 is 0. The fourth-order valence-electron chi connectivity index (χ4n) is 3.20. The normalized spacial score (nSPS) is 10.7. The molecule has 0 saturated heterocycles. The van der Waals surface area contributed by atoms with Gasteiger partial charge in [-0.15, -0.1) is 20.4 Å². The van der Waals surface area contributed by atoms with Gasteiger partial charge in [0.05, 0.1) is 12.8 Å². The van der Waals surface area contributed by atoms with E-state index >= 15 is 0 Å². The lowest BCUT2D eigenvalue weighted by Crippen LogP contribution is -2.14. The van der Waals surface area contributed by atoms with E-state index in [9.17, 15) is 9.59 Å². The molecule has 0 bridgehead atoms. The largest absolute Gasteiger partial charge is 0.300 e. The molecule has 10 nitrogen and oxygen atoms in total. The molecule has 4 aromatic heterocycles. The number of nitrogens with zero attached hydrogens (tertiary/aromatic N) is 6. The van der Waals surface area contributed by atoms with E-state index in [1.165, 1.54) is 22.7 Å². The highest BCUT2D eigenvalue weighted by Crippen LogP contribution is 2.20. The topological polar surface area (TPSA) is 136 Å². The highest BCUT2D eigenvalue weighted by molar-refractivity contribution is 7.15. The van der Waals surface area contributed by atoms with Gasteiger partial charge < -0.3 is 10.6 Å². The van der Waals surface area contributed by atoms with Gasteiger partial charge >= 0.3 is 0 Å². The Morgan fingerprint density at radius 3 is 1.57 bits per heavy atom. The van der Waals surface area contributed by atoms with Crippen LogP contribution in [0, 0.1) is 0 Å². The van der Waals surface area contributed by atoms with Crippen LogP contribution < -0.4 is 10.6 Å². The van der Waals surface area contributed by atoms with E-state index in [0.29, 0.717) is 21.7 Å². The summed E-state index contributed by atoms with van der Waals surface area (Å²) in [5.74, 6) is -0.313. The number of hydrogen-bond acceptors (Lipinski definition) is 10. The lowest BCUT2D eigenvalue weighted by Gasteiger charge is -2.00. The van der Waals surface area contributed by atoms with Gasteiger partial charge in [-0.2, -0.15) is 0 Å². The van der Waals surface area contributed by atoms with E-state index in [4.69, 9.17) is 0 Å². The third-order valence-corrected chi connectivity index (χ3v) is 6.64. The predicted molar refractivity (Wildman–Crippen MR) is 134 cm³/mol. The van der Waals surface area contributed by atoms with Crippen LogP contribution in [0.4, 0.5) is 10.3 Å². The zero-order valence-corrected chi connectivity index (χ0v) is 20.5. The van der Waals surface area contributed by atoms with Crippen molar-refractivity contribution in [2.75, 3.05) is 10.6 Å². The minimum atomic E-state index is -0.157. The molecule has 0 saturated carbocycles. The Labute approximate surface area is 210 Å². The van der Waals surface area contributed by atoms with Crippen LogP contribution in [0.1, 0.15) is 40.7 Å². The standard InChI is InChI=1S/C23H24N8O2S2/c32-18(14-16-8-4-6-12-24-16)26-22-30-28-20(34-22)10-2-1-3-11-21-29-31-23(35-21)27-19(33)15-17-9-5-7-13-25-17/h4-9,12-13H,1-3,10-11,14-15H2,(H,26,30,32)(H,27,31,33). The van der Waals surface area contributed by atoms with E-state index in [-0.39, 0.29) is 24.7 Å². The summed E-state index contributed by atoms with van der Waals surface area (Å²) in [7, 11) is 0. The second kappa shape index (κ2) is 12.7. The smallest absolute Gasteiger partial charge is 0.232 e. The molecule has 4 rings (SSSR count). The predicted octanol–water partition coefficient (Wildman–Crippen LogP) is 3.50. The number of carbonyl (C=O) groups excluding carboxylic acids is 2. The first-order valence-electron chi connectivity index (χ1n) is 11.2. The number of pyridine rings is 2. The van der Waals surface area contributed by atoms with Crippen molar-refractivity contribution in [2.24, 2.45) is 0 Å². The Morgan fingerprint density at radius 2 is 1.14 bits per heavy atom. The molecule has 4 heterocycles. The van der Waals surface area contributed by atoms with E-state index in [0.717, 1.165) is 42.1 Å². The Morgan fingerprint density at radius 1 is 0.657 bits per heavy atom. The maximum absolute atomic E-state index is 12.1. The summed E-state index contributed by atoms with van der Waals surface area (Å²) in [6, 6.07) is 11.0. The van der Waals surface area contributed by atoms with Crippen LogP contribution in [-0.2, 0) is 35.3 Å². The molecule has 0 atom stereocenters. The number of hydrogen-bond donors (Lipinski definition) is 2. The molecule has 2 N–H and O–H groups in total. The molecule has 0 aliphatic carbocycles. The van der Waals surface area contributed by atoms with Crippen molar-refractivity contribution in [1.29, 1.82) is 0 Å². The molecular formula is C23H24N8O2S2. The van der Waals surface area contributed by atoms with Crippen LogP contribution in [0.25, 0.3) is 0 Å². The molecule has 0 fully saturated rings. The molecule has 0 aliphatic heterocycles. The second-order valence-electron chi connectivity index (χ2n) is 7.65. The summed E-state index contributed by atoms with van der Waals surface area (Å²) in [6.45, 7) is 0. The highest BCUT2D eigenvalue weighted by Gasteiger charge is 2.11. The summed E-state index contributed by atoms with van der Waals surface area (Å²) in [5.41, 5.74) is 1.42. The third-order valence-electron chi connectivity index (χ3n) is 4.84. The van der Waals surface area contributed by atoms with Crippen molar-refractivity contribution in [3.8, 4) is 0 Å². The van der Waals surface area contributed by atoms with Crippen molar-refractivity contribution in [2.45, 2.75) is 44.9 Å². The van der Waals surface area contributed by atoms with Crippen molar-refractivity contribution in [3.63, 3.8) is 0 Å². The van der Waals surface area contributed by atoms with Gasteiger partial charge in [0.1, 0.15) is 10.0 Å². The molecule has 180 valence electrons. The SMILES string of the molecule is O=C(Cc1ccccn1)Nc1nnc(CCCCCc2nnc(NC(=O)Cc3ccccn3)s2)s1. The van der Waals surface area contributed by atoms with Crippen molar-refractivity contribution >= 4 is 44.8 Å². The van der Waals surface area contributed by atoms with E-state index in [2.05, 4.69) is 41.0 Å². The van der Waals surface area contributed by atoms with E-state index in [1.807, 2.05) is 36.4 Å². The van der Waals surface area contributed by atoms with Crippen LogP contribution in [0.2, 0.25) is 0 Å². The number of anilines is 2. The monoisotopic (exact) mass is 508 g/mol. The minimum absolute atomic E-state index is 0.157. The lowest BCUT2D eigenvalue weighted by molar-refractivity contribution is -0.116. The van der Waals surface area contributed by atoms with Gasteiger partial charge in [0.25, 0.3) is 0 Å². The molecule has 0 aromatic carbocycles. The number of carbonyl (C=O) groups is 2. The van der Waals surface area contributed by atoms with Gasteiger partial charge in [0, 0.05) is 36.6 Å². The summed E-state index contributed by atoms with van der Waals surface area (Å²) in [5, 5.41) is 24.8. The zero-order chi connectivity index (χ0) is 24.3.